The van der Waals surface area contributed by atoms with E-state index in [0.29, 0.717) is 16.8 Å². The van der Waals surface area contributed by atoms with Crippen molar-refractivity contribution in [2.24, 2.45) is 0 Å². The number of para-hydroxylation sites is 1. The molecule has 6 heteroatoms. The Morgan fingerprint density at radius 1 is 0.767 bits per heavy atom. The molecule has 0 spiro atoms. The fourth-order valence-corrected chi connectivity index (χ4v) is 2.79. The number of hydrogen-bond acceptors (Lipinski definition) is 4. The van der Waals surface area contributed by atoms with Crippen LogP contribution in [0.15, 0.2) is 91.0 Å². The van der Waals surface area contributed by atoms with Crippen LogP contribution in [0.2, 0.25) is 0 Å². The van der Waals surface area contributed by atoms with Crippen molar-refractivity contribution in [1.82, 2.24) is 5.32 Å². The standard InChI is InChI=1S/C24H22N2O4/c1-17(22(27)25-20-15-9-4-10-16-20)30-24(29)21(18-11-5-2-6-12-18)26-23(28)19-13-7-3-8-14-19/h2-17,21H,1H3,(H,25,27)(H,26,28)/t17-,21-/m0/s1. The summed E-state index contributed by atoms with van der Waals surface area (Å²) in [5, 5.41) is 5.39. The van der Waals surface area contributed by atoms with Crippen molar-refractivity contribution < 1.29 is 19.1 Å². The van der Waals surface area contributed by atoms with Gasteiger partial charge in [-0.1, -0.05) is 66.7 Å². The van der Waals surface area contributed by atoms with E-state index in [4.69, 9.17) is 4.74 Å². The molecule has 2 amide bonds. The lowest BCUT2D eigenvalue weighted by molar-refractivity contribution is -0.155. The zero-order chi connectivity index (χ0) is 21.3. The quantitative estimate of drug-likeness (QED) is 0.590. The summed E-state index contributed by atoms with van der Waals surface area (Å²) in [4.78, 5) is 37.8. The predicted molar refractivity (Wildman–Crippen MR) is 114 cm³/mol. The molecule has 0 unspecified atom stereocenters. The first-order valence-corrected chi connectivity index (χ1v) is 9.52. The number of ether oxygens (including phenoxy) is 1. The lowest BCUT2D eigenvalue weighted by Crippen LogP contribution is -2.38. The average Bonchev–Trinajstić information content (AvgIpc) is 2.79. The first kappa shape index (κ1) is 20.8. The minimum Gasteiger partial charge on any atom is -0.451 e. The van der Waals surface area contributed by atoms with Crippen molar-refractivity contribution in [2.75, 3.05) is 5.32 Å². The van der Waals surface area contributed by atoms with Crippen LogP contribution in [0.3, 0.4) is 0 Å². The summed E-state index contributed by atoms with van der Waals surface area (Å²) in [5.41, 5.74) is 1.57. The zero-order valence-corrected chi connectivity index (χ0v) is 16.4. The summed E-state index contributed by atoms with van der Waals surface area (Å²) in [6.45, 7) is 1.48. The third-order valence-electron chi connectivity index (χ3n) is 4.38. The molecule has 0 radical (unpaired) electrons. The molecular weight excluding hydrogens is 380 g/mol. The maximum atomic E-state index is 12.9. The highest BCUT2D eigenvalue weighted by Crippen LogP contribution is 2.17. The number of rotatable bonds is 7. The van der Waals surface area contributed by atoms with Gasteiger partial charge in [-0.2, -0.15) is 0 Å². The lowest BCUT2D eigenvalue weighted by Gasteiger charge is -2.21. The Labute approximate surface area is 174 Å². The molecule has 2 atom stereocenters. The summed E-state index contributed by atoms with van der Waals surface area (Å²) in [7, 11) is 0. The molecular formula is C24H22N2O4. The fraction of sp³-hybridized carbons (Fsp3) is 0.125. The van der Waals surface area contributed by atoms with E-state index in [0.717, 1.165) is 0 Å². The zero-order valence-electron chi connectivity index (χ0n) is 16.4. The van der Waals surface area contributed by atoms with Gasteiger partial charge in [0.1, 0.15) is 0 Å². The molecule has 0 bridgehead atoms. The van der Waals surface area contributed by atoms with Crippen LogP contribution in [0.1, 0.15) is 28.9 Å². The summed E-state index contributed by atoms with van der Waals surface area (Å²) < 4.78 is 5.37. The smallest absolute Gasteiger partial charge is 0.334 e. The van der Waals surface area contributed by atoms with E-state index in [1.165, 1.54) is 6.92 Å². The Hall–Kier alpha value is -3.93. The Morgan fingerprint density at radius 3 is 1.90 bits per heavy atom. The van der Waals surface area contributed by atoms with Crippen LogP contribution in [-0.2, 0) is 14.3 Å². The Balaban J connectivity index is 1.72. The first-order chi connectivity index (χ1) is 14.5. The highest BCUT2D eigenvalue weighted by atomic mass is 16.5. The average molecular weight is 402 g/mol. The van der Waals surface area contributed by atoms with Gasteiger partial charge in [-0.05, 0) is 36.8 Å². The highest BCUT2D eigenvalue weighted by Gasteiger charge is 2.28. The van der Waals surface area contributed by atoms with Gasteiger partial charge in [-0.25, -0.2) is 4.79 Å². The maximum Gasteiger partial charge on any atom is 0.334 e. The van der Waals surface area contributed by atoms with Gasteiger partial charge < -0.3 is 15.4 Å². The van der Waals surface area contributed by atoms with Gasteiger partial charge >= 0.3 is 5.97 Å². The van der Waals surface area contributed by atoms with Crippen LogP contribution in [0.5, 0.6) is 0 Å². The third-order valence-corrected chi connectivity index (χ3v) is 4.38. The van der Waals surface area contributed by atoms with Crippen LogP contribution in [0.25, 0.3) is 0 Å². The Bertz CT molecular complexity index is 991. The second-order valence-corrected chi connectivity index (χ2v) is 6.62. The van der Waals surface area contributed by atoms with Gasteiger partial charge in [-0.3, -0.25) is 9.59 Å². The normalized spacial score (nSPS) is 12.3. The molecule has 6 nitrogen and oxygen atoms in total. The third kappa shape index (κ3) is 5.54. The van der Waals surface area contributed by atoms with Gasteiger partial charge in [-0.15, -0.1) is 0 Å². The number of esters is 1. The number of carbonyl (C=O) groups is 3. The van der Waals surface area contributed by atoms with Crippen molar-refractivity contribution in [3.63, 3.8) is 0 Å². The predicted octanol–water partition coefficient (Wildman–Crippen LogP) is 3.73. The molecule has 30 heavy (non-hydrogen) atoms. The molecule has 3 rings (SSSR count). The lowest BCUT2D eigenvalue weighted by atomic mass is 10.1. The van der Waals surface area contributed by atoms with Crippen LogP contribution in [-0.4, -0.2) is 23.9 Å². The van der Waals surface area contributed by atoms with Gasteiger partial charge in [0.25, 0.3) is 11.8 Å². The number of hydrogen-bond donors (Lipinski definition) is 2. The molecule has 0 fully saturated rings. The molecule has 0 saturated carbocycles. The SMILES string of the molecule is C[C@H](OC(=O)[C@@H](NC(=O)c1ccccc1)c1ccccc1)C(=O)Nc1ccccc1. The number of amides is 2. The van der Waals surface area contributed by atoms with Crippen molar-refractivity contribution in [3.8, 4) is 0 Å². The van der Waals surface area contributed by atoms with Crippen LogP contribution >= 0.6 is 0 Å². The summed E-state index contributed by atoms with van der Waals surface area (Å²) >= 11 is 0. The van der Waals surface area contributed by atoms with Crippen molar-refractivity contribution in [2.45, 2.75) is 19.1 Å². The van der Waals surface area contributed by atoms with E-state index in [1.54, 1.807) is 84.9 Å². The molecule has 0 heterocycles. The number of nitrogens with one attached hydrogen (secondary N) is 2. The molecule has 2 N–H and O–H groups in total. The second kappa shape index (κ2) is 10.0. The highest BCUT2D eigenvalue weighted by molar-refractivity contribution is 5.98. The van der Waals surface area contributed by atoms with Crippen molar-refractivity contribution in [3.05, 3.63) is 102 Å². The van der Waals surface area contributed by atoms with Crippen LogP contribution in [0.4, 0.5) is 5.69 Å². The monoisotopic (exact) mass is 402 g/mol. The van der Waals surface area contributed by atoms with Gasteiger partial charge in [0.15, 0.2) is 12.1 Å². The molecule has 0 aliphatic rings. The van der Waals surface area contributed by atoms with E-state index in [-0.39, 0.29) is 0 Å². The minimum absolute atomic E-state index is 0.414. The second-order valence-electron chi connectivity index (χ2n) is 6.62. The van der Waals surface area contributed by atoms with Gasteiger partial charge in [0.05, 0.1) is 0 Å². The number of anilines is 1. The first-order valence-electron chi connectivity index (χ1n) is 9.52. The van der Waals surface area contributed by atoms with E-state index < -0.39 is 29.9 Å². The molecule has 0 aliphatic carbocycles. The molecule has 0 saturated heterocycles. The van der Waals surface area contributed by atoms with Crippen LogP contribution in [0, 0.1) is 0 Å². The Morgan fingerprint density at radius 2 is 1.30 bits per heavy atom. The van der Waals surface area contributed by atoms with Gasteiger partial charge in [0.2, 0.25) is 0 Å². The fourth-order valence-electron chi connectivity index (χ4n) is 2.79. The molecule has 152 valence electrons. The number of benzene rings is 3. The van der Waals surface area contributed by atoms with E-state index in [1.807, 2.05) is 6.07 Å². The molecule has 0 aromatic heterocycles. The van der Waals surface area contributed by atoms with Gasteiger partial charge in [0, 0.05) is 11.3 Å². The molecule has 0 aliphatic heterocycles. The van der Waals surface area contributed by atoms with Crippen molar-refractivity contribution in [1.29, 1.82) is 0 Å². The molecule has 3 aromatic rings. The Kier molecular flexibility index (Phi) is 6.95. The van der Waals surface area contributed by atoms with E-state index in [9.17, 15) is 14.4 Å². The summed E-state index contributed by atoms with van der Waals surface area (Å²) in [6.07, 6.45) is -1.04. The largest absolute Gasteiger partial charge is 0.451 e. The summed E-state index contributed by atoms with van der Waals surface area (Å²) in [5.74, 6) is -1.60. The van der Waals surface area contributed by atoms with Crippen LogP contribution < -0.4 is 10.6 Å². The van der Waals surface area contributed by atoms with E-state index in [2.05, 4.69) is 10.6 Å². The molecule has 3 aromatic carbocycles. The van der Waals surface area contributed by atoms with Crippen molar-refractivity contribution >= 4 is 23.5 Å². The topological polar surface area (TPSA) is 84.5 Å². The minimum atomic E-state index is -1.05. The number of carbonyl (C=O) groups excluding carboxylic acids is 3. The van der Waals surface area contributed by atoms with E-state index >= 15 is 0 Å². The summed E-state index contributed by atoms with van der Waals surface area (Å²) in [6, 6.07) is 25.2. The maximum absolute atomic E-state index is 12.9.